The smallest absolute Gasteiger partial charge is 0.285 e. The molecular weight excluding hydrogens is 421 g/mol. The van der Waals surface area contributed by atoms with Crippen molar-refractivity contribution in [1.82, 2.24) is 9.97 Å². The zero-order valence-electron chi connectivity index (χ0n) is 16.7. The van der Waals surface area contributed by atoms with E-state index in [4.69, 9.17) is 17.3 Å². The lowest BCUT2D eigenvalue weighted by Crippen LogP contribution is -2.41. The van der Waals surface area contributed by atoms with Gasteiger partial charge in [0.05, 0.1) is 21.2 Å². The van der Waals surface area contributed by atoms with E-state index in [-0.39, 0.29) is 22.1 Å². The van der Waals surface area contributed by atoms with Crippen LogP contribution in [0, 0.1) is 33.2 Å². The number of fused-ring (bicyclic) bond motifs is 1. The Bertz CT molecular complexity index is 1260. The molecule has 2 aromatic carbocycles. The maximum Gasteiger partial charge on any atom is 0.285 e. The van der Waals surface area contributed by atoms with Crippen LogP contribution in [-0.2, 0) is 0 Å². The van der Waals surface area contributed by atoms with Crippen molar-refractivity contribution in [3.05, 3.63) is 63.2 Å². The molecule has 1 aliphatic rings. The van der Waals surface area contributed by atoms with Gasteiger partial charge in [0.25, 0.3) is 5.69 Å². The topological polar surface area (TPSA) is 98.2 Å². The number of hydrogen-bond donors (Lipinski definition) is 1. The number of nitro groups is 1. The predicted molar refractivity (Wildman–Crippen MR) is 118 cm³/mol. The van der Waals surface area contributed by atoms with Crippen molar-refractivity contribution in [2.75, 3.05) is 23.7 Å². The number of hydrogen-bond acceptors (Lipinski definition) is 6. The van der Waals surface area contributed by atoms with Gasteiger partial charge in [-0.1, -0.05) is 29.5 Å². The highest BCUT2D eigenvalue weighted by molar-refractivity contribution is 6.31. The summed E-state index contributed by atoms with van der Waals surface area (Å²) in [6.07, 6.45) is 2.90. The molecule has 3 aromatic rings. The van der Waals surface area contributed by atoms with Crippen molar-refractivity contribution < 1.29 is 9.31 Å². The van der Waals surface area contributed by atoms with E-state index in [0.29, 0.717) is 29.7 Å². The van der Waals surface area contributed by atoms with E-state index in [1.807, 2.05) is 11.8 Å². The number of piperidine rings is 1. The third-order valence-corrected chi connectivity index (χ3v) is 5.74. The Hall–Kier alpha value is -3.44. The van der Waals surface area contributed by atoms with Crippen LogP contribution in [0.25, 0.3) is 10.9 Å². The van der Waals surface area contributed by atoms with Crippen LogP contribution in [0.5, 0.6) is 0 Å². The predicted octanol–water partition coefficient (Wildman–Crippen LogP) is 4.57. The molecule has 158 valence electrons. The summed E-state index contributed by atoms with van der Waals surface area (Å²) in [7, 11) is 0. The summed E-state index contributed by atoms with van der Waals surface area (Å²) in [6.45, 7) is 3.14. The third kappa shape index (κ3) is 4.09. The maximum absolute atomic E-state index is 14.5. The SMILES string of the molecule is C[C@]1(C#Cc2cc3ncnc(N)c3cc2[N+](=O)[O-])CCCN(c2cccc(Cl)c2F)C1. The van der Waals surface area contributed by atoms with E-state index in [2.05, 4.69) is 21.8 Å². The summed E-state index contributed by atoms with van der Waals surface area (Å²) < 4.78 is 14.5. The van der Waals surface area contributed by atoms with Crippen LogP contribution < -0.4 is 10.6 Å². The number of nitrogens with two attached hydrogens (primary N) is 1. The van der Waals surface area contributed by atoms with Gasteiger partial charge in [-0.25, -0.2) is 14.4 Å². The lowest BCUT2D eigenvalue weighted by Gasteiger charge is -2.38. The van der Waals surface area contributed by atoms with Crippen molar-refractivity contribution in [1.29, 1.82) is 0 Å². The van der Waals surface area contributed by atoms with E-state index >= 15 is 0 Å². The van der Waals surface area contributed by atoms with Crippen molar-refractivity contribution in [3.63, 3.8) is 0 Å². The van der Waals surface area contributed by atoms with Crippen LogP contribution in [-0.4, -0.2) is 28.0 Å². The summed E-state index contributed by atoms with van der Waals surface area (Å²) in [4.78, 5) is 21.1. The molecule has 2 N–H and O–H groups in total. The minimum atomic E-state index is -0.493. The number of nitro benzene ring substituents is 1. The molecule has 0 bridgehead atoms. The van der Waals surface area contributed by atoms with Gasteiger partial charge in [0.15, 0.2) is 5.82 Å². The fourth-order valence-electron chi connectivity index (χ4n) is 3.86. The van der Waals surface area contributed by atoms with Crippen molar-refractivity contribution in [2.45, 2.75) is 19.8 Å². The van der Waals surface area contributed by atoms with Crippen LogP contribution in [0.15, 0.2) is 36.7 Å². The minimum Gasteiger partial charge on any atom is -0.383 e. The third-order valence-electron chi connectivity index (χ3n) is 5.45. The summed E-state index contributed by atoms with van der Waals surface area (Å²) >= 11 is 5.94. The standard InChI is InChI=1S/C22H19ClFN5O2/c1-22(7-3-9-28(12-22)18-5-2-4-16(23)20(18)24)8-6-14-10-17-15(11-19(14)29(30)31)21(25)27-13-26-17/h2,4-5,10-11,13H,3,7,9,12H2,1H3,(H2,25,26,27)/t22-/m1/s1. The quantitative estimate of drug-likeness (QED) is 0.357. The van der Waals surface area contributed by atoms with Gasteiger partial charge in [-0.2, -0.15) is 0 Å². The molecule has 0 unspecified atom stereocenters. The average molecular weight is 440 g/mol. The van der Waals surface area contributed by atoms with Crippen molar-refractivity contribution >= 4 is 39.7 Å². The average Bonchev–Trinajstić information content (AvgIpc) is 2.74. The van der Waals surface area contributed by atoms with E-state index in [0.717, 1.165) is 12.8 Å². The zero-order valence-corrected chi connectivity index (χ0v) is 17.5. The molecule has 0 amide bonds. The molecule has 2 heterocycles. The molecule has 0 aliphatic carbocycles. The van der Waals surface area contributed by atoms with Crippen LogP contribution >= 0.6 is 11.6 Å². The van der Waals surface area contributed by atoms with Gasteiger partial charge in [0.1, 0.15) is 17.7 Å². The molecule has 0 spiro atoms. The first-order valence-electron chi connectivity index (χ1n) is 9.68. The van der Waals surface area contributed by atoms with Crippen LogP contribution in [0.1, 0.15) is 25.3 Å². The van der Waals surface area contributed by atoms with Gasteiger partial charge >= 0.3 is 0 Å². The van der Waals surface area contributed by atoms with E-state index in [1.165, 1.54) is 18.5 Å². The summed E-state index contributed by atoms with van der Waals surface area (Å²) in [5.41, 5.74) is 6.36. The maximum atomic E-state index is 14.5. The lowest BCUT2D eigenvalue weighted by molar-refractivity contribution is -0.385. The Kier molecular flexibility index (Phi) is 5.38. The van der Waals surface area contributed by atoms with Crippen molar-refractivity contribution in [3.8, 4) is 11.8 Å². The first-order valence-corrected chi connectivity index (χ1v) is 10.1. The fraction of sp³-hybridized carbons (Fsp3) is 0.273. The zero-order chi connectivity index (χ0) is 22.2. The fourth-order valence-corrected chi connectivity index (χ4v) is 4.03. The monoisotopic (exact) mass is 439 g/mol. The molecule has 1 saturated heterocycles. The molecule has 1 aliphatic heterocycles. The molecule has 0 radical (unpaired) electrons. The van der Waals surface area contributed by atoms with Gasteiger partial charge in [-0.15, -0.1) is 0 Å². The molecule has 31 heavy (non-hydrogen) atoms. The Morgan fingerprint density at radius 2 is 2.16 bits per heavy atom. The number of aromatic nitrogens is 2. The van der Waals surface area contributed by atoms with Gasteiger partial charge in [0, 0.05) is 30.0 Å². The van der Waals surface area contributed by atoms with Gasteiger partial charge < -0.3 is 10.6 Å². The molecule has 7 nitrogen and oxygen atoms in total. The number of halogens is 2. The van der Waals surface area contributed by atoms with Gasteiger partial charge in [-0.3, -0.25) is 10.1 Å². The molecule has 0 saturated carbocycles. The number of rotatable bonds is 2. The molecule has 9 heteroatoms. The lowest BCUT2D eigenvalue weighted by atomic mass is 9.82. The van der Waals surface area contributed by atoms with Gasteiger partial charge in [0.2, 0.25) is 0 Å². The van der Waals surface area contributed by atoms with E-state index < -0.39 is 16.2 Å². The second-order valence-corrected chi connectivity index (χ2v) is 8.22. The normalized spacial score (nSPS) is 18.5. The summed E-state index contributed by atoms with van der Waals surface area (Å²) in [5.74, 6) is 5.89. The Morgan fingerprint density at radius 1 is 1.35 bits per heavy atom. The van der Waals surface area contributed by atoms with Gasteiger partial charge in [-0.05, 0) is 38.0 Å². The van der Waals surface area contributed by atoms with Crippen molar-refractivity contribution in [2.24, 2.45) is 5.41 Å². The second-order valence-electron chi connectivity index (χ2n) is 7.81. The molecule has 1 aromatic heterocycles. The molecule has 4 rings (SSSR count). The van der Waals surface area contributed by atoms with Crippen LogP contribution in [0.2, 0.25) is 5.02 Å². The molecule has 1 fully saturated rings. The Labute approximate surface area is 183 Å². The largest absolute Gasteiger partial charge is 0.383 e. The van der Waals surface area contributed by atoms with E-state index in [1.54, 1.807) is 18.2 Å². The number of benzene rings is 2. The summed E-state index contributed by atoms with van der Waals surface area (Å²) in [5, 5.41) is 12.1. The highest BCUT2D eigenvalue weighted by atomic mass is 35.5. The van der Waals surface area contributed by atoms with E-state index in [9.17, 15) is 14.5 Å². The second kappa shape index (κ2) is 8.00. The highest BCUT2D eigenvalue weighted by Gasteiger charge is 2.31. The number of nitrogen functional groups attached to an aromatic ring is 1. The minimum absolute atomic E-state index is 0.0731. The Balaban J connectivity index is 1.70. The van der Waals surface area contributed by atoms with Crippen LogP contribution in [0.4, 0.5) is 21.6 Å². The molecular formula is C22H19ClFN5O2. The first kappa shape index (κ1) is 20.8. The highest BCUT2D eigenvalue weighted by Crippen LogP contribution is 2.35. The van der Waals surface area contributed by atoms with Crippen LogP contribution in [0.3, 0.4) is 0 Å². The first-order chi connectivity index (χ1) is 14.8. The number of nitrogens with zero attached hydrogens (tertiary/aromatic N) is 4. The Morgan fingerprint density at radius 3 is 2.94 bits per heavy atom. The number of anilines is 2. The molecule has 1 atom stereocenters. The summed E-state index contributed by atoms with van der Waals surface area (Å²) in [6, 6.07) is 7.83.